The highest BCUT2D eigenvalue weighted by atomic mass is 32.2. The molecule has 1 aromatic heterocycles. The number of piperidine rings is 1. The summed E-state index contributed by atoms with van der Waals surface area (Å²) in [4.78, 5) is 29.2. The summed E-state index contributed by atoms with van der Waals surface area (Å²) in [5.74, 6) is -0.184. The maximum absolute atomic E-state index is 13.5. The molecule has 2 unspecified atom stereocenters. The molecule has 176 valence electrons. The van der Waals surface area contributed by atoms with Gasteiger partial charge in [0.05, 0.1) is 16.5 Å². The van der Waals surface area contributed by atoms with Crippen LogP contribution >= 0.6 is 0 Å². The summed E-state index contributed by atoms with van der Waals surface area (Å²) in [6.45, 7) is 5.84. The van der Waals surface area contributed by atoms with Crippen molar-refractivity contribution in [3.8, 4) is 5.75 Å². The summed E-state index contributed by atoms with van der Waals surface area (Å²) in [6.07, 6.45) is 2.65. The first-order chi connectivity index (χ1) is 15.7. The predicted molar refractivity (Wildman–Crippen MR) is 124 cm³/mol. The van der Waals surface area contributed by atoms with Crippen molar-refractivity contribution in [1.29, 1.82) is 0 Å². The number of carbonyl (C=O) groups is 2. The number of carbonyl (C=O) groups excluding carboxylic acids is 2. The number of hydrogen-bond donors (Lipinski definition) is 2. The number of rotatable bonds is 5. The van der Waals surface area contributed by atoms with Crippen molar-refractivity contribution in [1.82, 2.24) is 9.29 Å². The Morgan fingerprint density at radius 3 is 2.79 bits per heavy atom. The molecular weight excluding hydrogens is 444 g/mol. The van der Waals surface area contributed by atoms with Gasteiger partial charge in [0.15, 0.2) is 6.10 Å². The molecule has 4 rings (SSSR count). The number of pyridine rings is 1. The molecule has 2 aliphatic heterocycles. The van der Waals surface area contributed by atoms with Crippen LogP contribution < -0.4 is 15.4 Å². The number of nitrogens with one attached hydrogen (secondary N) is 2. The third-order valence-corrected chi connectivity index (χ3v) is 8.01. The molecule has 1 saturated heterocycles. The maximum Gasteiger partial charge on any atom is 0.265 e. The minimum absolute atomic E-state index is 0.0890. The Morgan fingerprint density at radius 1 is 1.30 bits per heavy atom. The Morgan fingerprint density at radius 2 is 2.09 bits per heavy atom. The summed E-state index contributed by atoms with van der Waals surface area (Å²) in [6, 6.07) is 6.67. The summed E-state index contributed by atoms with van der Waals surface area (Å²) in [7, 11) is -3.86. The van der Waals surface area contributed by atoms with Crippen LogP contribution in [0.4, 0.5) is 11.5 Å². The van der Waals surface area contributed by atoms with E-state index in [0.717, 1.165) is 5.56 Å². The Hall–Kier alpha value is -2.98. The van der Waals surface area contributed by atoms with Gasteiger partial charge in [0, 0.05) is 25.4 Å². The normalized spacial score (nSPS) is 21.0. The highest BCUT2D eigenvalue weighted by Crippen LogP contribution is 2.36. The predicted octanol–water partition coefficient (Wildman–Crippen LogP) is 2.85. The minimum atomic E-state index is -3.86. The first-order valence-electron chi connectivity index (χ1n) is 11.0. The summed E-state index contributed by atoms with van der Waals surface area (Å²) in [5, 5.41) is 5.56. The Bertz CT molecular complexity index is 1180. The van der Waals surface area contributed by atoms with Gasteiger partial charge in [-0.15, -0.1) is 0 Å². The number of fused-ring (bicyclic) bond motifs is 1. The fourth-order valence-corrected chi connectivity index (χ4v) is 5.86. The minimum Gasteiger partial charge on any atom is -0.478 e. The van der Waals surface area contributed by atoms with Crippen molar-refractivity contribution in [2.24, 2.45) is 5.92 Å². The van der Waals surface area contributed by atoms with Crippen LogP contribution in [0.2, 0.25) is 0 Å². The number of amides is 2. The second-order valence-corrected chi connectivity index (χ2v) is 10.4. The standard InChI is InChI=1S/C23H28N4O5S/c1-4-18-23(29)25-17-10-15(3)20(11-19(17)32-18)33(30,31)27-9-5-6-16(13-27)22(28)26-21-8-7-14(2)12-24-21/h7-8,10-12,16,18H,4-6,9,13H2,1-3H3,(H,25,29)(H,24,26,28). The second kappa shape index (κ2) is 9.11. The molecular formula is C23H28N4O5S. The topological polar surface area (TPSA) is 118 Å². The monoisotopic (exact) mass is 472 g/mol. The lowest BCUT2D eigenvalue weighted by Gasteiger charge is -2.32. The smallest absolute Gasteiger partial charge is 0.265 e. The van der Waals surface area contributed by atoms with Gasteiger partial charge in [-0.25, -0.2) is 13.4 Å². The van der Waals surface area contributed by atoms with E-state index in [1.807, 2.05) is 19.9 Å². The van der Waals surface area contributed by atoms with Gasteiger partial charge in [0.2, 0.25) is 15.9 Å². The number of aryl methyl sites for hydroxylation is 2. The average molecular weight is 473 g/mol. The third-order valence-electron chi connectivity index (χ3n) is 6.00. The Labute approximate surface area is 193 Å². The van der Waals surface area contributed by atoms with E-state index in [1.165, 1.54) is 10.4 Å². The van der Waals surface area contributed by atoms with Crippen molar-refractivity contribution >= 4 is 33.3 Å². The largest absolute Gasteiger partial charge is 0.478 e. The molecule has 0 aliphatic carbocycles. The Kier molecular flexibility index (Phi) is 6.40. The Balaban J connectivity index is 1.54. The first-order valence-corrected chi connectivity index (χ1v) is 12.5. The second-order valence-electron chi connectivity index (χ2n) is 8.53. The fourth-order valence-electron chi connectivity index (χ4n) is 4.12. The van der Waals surface area contributed by atoms with Crippen LogP contribution in [0.3, 0.4) is 0 Å². The van der Waals surface area contributed by atoms with Crippen LogP contribution in [0.15, 0.2) is 35.4 Å². The van der Waals surface area contributed by atoms with E-state index in [1.54, 1.807) is 25.3 Å². The van der Waals surface area contributed by atoms with Crippen LogP contribution in [-0.4, -0.2) is 48.7 Å². The molecule has 2 N–H and O–H groups in total. The zero-order valence-corrected chi connectivity index (χ0v) is 19.7. The van der Waals surface area contributed by atoms with E-state index in [-0.39, 0.29) is 23.3 Å². The van der Waals surface area contributed by atoms with Crippen LogP contribution in [0.1, 0.15) is 37.3 Å². The number of nitrogens with zero attached hydrogens (tertiary/aromatic N) is 2. The molecule has 33 heavy (non-hydrogen) atoms. The highest BCUT2D eigenvalue weighted by molar-refractivity contribution is 7.89. The molecule has 10 heteroatoms. The zero-order chi connectivity index (χ0) is 23.8. The lowest BCUT2D eigenvalue weighted by Crippen LogP contribution is -2.44. The van der Waals surface area contributed by atoms with Crippen LogP contribution in [0.25, 0.3) is 0 Å². The maximum atomic E-state index is 13.5. The number of aromatic nitrogens is 1. The van der Waals surface area contributed by atoms with Gasteiger partial charge in [-0.05, 0) is 56.4 Å². The van der Waals surface area contributed by atoms with Gasteiger partial charge in [0.1, 0.15) is 11.6 Å². The van der Waals surface area contributed by atoms with E-state index >= 15 is 0 Å². The molecule has 0 bridgehead atoms. The fraction of sp³-hybridized carbons (Fsp3) is 0.435. The molecule has 3 heterocycles. The van der Waals surface area contributed by atoms with Gasteiger partial charge < -0.3 is 15.4 Å². The molecule has 2 amide bonds. The van der Waals surface area contributed by atoms with Crippen LogP contribution in [-0.2, 0) is 19.6 Å². The van der Waals surface area contributed by atoms with Crippen molar-refractivity contribution in [2.75, 3.05) is 23.7 Å². The van der Waals surface area contributed by atoms with Crippen LogP contribution in [0.5, 0.6) is 5.75 Å². The summed E-state index contributed by atoms with van der Waals surface area (Å²) in [5.41, 5.74) is 1.95. The third kappa shape index (κ3) is 4.72. The quantitative estimate of drug-likeness (QED) is 0.691. The molecule has 2 aliphatic rings. The van der Waals surface area contributed by atoms with E-state index in [9.17, 15) is 18.0 Å². The van der Waals surface area contributed by atoms with Gasteiger partial charge in [0.25, 0.3) is 5.91 Å². The van der Waals surface area contributed by atoms with Crippen molar-refractivity contribution in [2.45, 2.75) is 51.0 Å². The van der Waals surface area contributed by atoms with Crippen molar-refractivity contribution < 1.29 is 22.7 Å². The lowest BCUT2D eigenvalue weighted by molar-refractivity contribution is -0.123. The molecule has 2 atom stereocenters. The molecule has 0 spiro atoms. The summed E-state index contributed by atoms with van der Waals surface area (Å²) >= 11 is 0. The van der Waals surface area contributed by atoms with Gasteiger partial charge in [-0.2, -0.15) is 4.31 Å². The molecule has 2 aromatic rings. The zero-order valence-electron chi connectivity index (χ0n) is 18.9. The van der Waals surface area contributed by atoms with E-state index in [4.69, 9.17) is 4.74 Å². The number of ether oxygens (including phenoxy) is 1. The molecule has 0 saturated carbocycles. The number of benzene rings is 1. The van der Waals surface area contributed by atoms with E-state index < -0.39 is 22.0 Å². The molecule has 1 aromatic carbocycles. The van der Waals surface area contributed by atoms with Gasteiger partial charge >= 0.3 is 0 Å². The lowest BCUT2D eigenvalue weighted by atomic mass is 9.99. The highest BCUT2D eigenvalue weighted by Gasteiger charge is 2.36. The first kappa shape index (κ1) is 23.2. The van der Waals surface area contributed by atoms with E-state index in [2.05, 4.69) is 15.6 Å². The molecule has 0 radical (unpaired) electrons. The van der Waals surface area contributed by atoms with Gasteiger partial charge in [-0.1, -0.05) is 13.0 Å². The van der Waals surface area contributed by atoms with Crippen LogP contribution in [0, 0.1) is 19.8 Å². The van der Waals surface area contributed by atoms with Crippen molar-refractivity contribution in [3.63, 3.8) is 0 Å². The van der Waals surface area contributed by atoms with Crippen molar-refractivity contribution in [3.05, 3.63) is 41.6 Å². The average Bonchev–Trinajstić information content (AvgIpc) is 2.79. The SMILES string of the molecule is CCC1Oc2cc(S(=O)(=O)N3CCCC(C(=O)Nc4ccc(C)cn4)C3)c(C)cc2NC1=O. The van der Waals surface area contributed by atoms with Gasteiger partial charge in [-0.3, -0.25) is 9.59 Å². The summed E-state index contributed by atoms with van der Waals surface area (Å²) < 4.78 is 34.1. The molecule has 9 nitrogen and oxygen atoms in total. The number of anilines is 2. The van der Waals surface area contributed by atoms with E-state index in [0.29, 0.717) is 48.6 Å². The number of hydrogen-bond acceptors (Lipinski definition) is 6. The molecule has 1 fully saturated rings. The number of sulfonamides is 1.